The highest BCUT2D eigenvalue weighted by Crippen LogP contribution is 2.31. The van der Waals surface area contributed by atoms with Gasteiger partial charge in [-0.3, -0.25) is 0 Å². The van der Waals surface area contributed by atoms with Gasteiger partial charge in [-0.25, -0.2) is 4.98 Å². The van der Waals surface area contributed by atoms with Crippen molar-refractivity contribution in [3.05, 3.63) is 15.6 Å². The van der Waals surface area contributed by atoms with Crippen LogP contribution in [0.25, 0.3) is 0 Å². The minimum atomic E-state index is 0.129. The molecular weight excluding hydrogens is 268 g/mol. The van der Waals surface area contributed by atoms with Gasteiger partial charge in [0.15, 0.2) is 0 Å². The Morgan fingerprint density at radius 3 is 2.80 bits per heavy atom. The standard InChI is InChI=1S/C16H28N2OS/c1-5-7-17-10-13-15(16(2,3)4)18-14(20-13)9-12-6-8-19-11-12/h12,17H,5-11H2,1-4H3. The molecule has 0 radical (unpaired) electrons. The van der Waals surface area contributed by atoms with Gasteiger partial charge in [0.25, 0.3) is 0 Å². The number of rotatable bonds is 6. The minimum absolute atomic E-state index is 0.129. The van der Waals surface area contributed by atoms with Crippen LogP contribution in [0.15, 0.2) is 0 Å². The van der Waals surface area contributed by atoms with Crippen LogP contribution in [0.4, 0.5) is 0 Å². The topological polar surface area (TPSA) is 34.1 Å². The van der Waals surface area contributed by atoms with Gasteiger partial charge in [-0.2, -0.15) is 0 Å². The zero-order chi connectivity index (χ0) is 14.6. The van der Waals surface area contributed by atoms with Gasteiger partial charge in [-0.05, 0) is 25.3 Å². The summed E-state index contributed by atoms with van der Waals surface area (Å²) in [6, 6.07) is 0. The van der Waals surface area contributed by atoms with Gasteiger partial charge in [0, 0.05) is 36.5 Å². The second kappa shape index (κ2) is 7.01. The van der Waals surface area contributed by atoms with E-state index >= 15 is 0 Å². The summed E-state index contributed by atoms with van der Waals surface area (Å²) in [7, 11) is 0. The Labute approximate surface area is 127 Å². The predicted molar refractivity (Wildman–Crippen MR) is 85.4 cm³/mol. The third kappa shape index (κ3) is 4.27. The highest BCUT2D eigenvalue weighted by atomic mass is 32.1. The van der Waals surface area contributed by atoms with E-state index < -0.39 is 0 Å². The van der Waals surface area contributed by atoms with Crippen LogP contribution < -0.4 is 5.32 Å². The number of nitrogens with one attached hydrogen (secondary N) is 1. The number of aromatic nitrogens is 1. The van der Waals surface area contributed by atoms with E-state index in [9.17, 15) is 0 Å². The molecule has 1 fully saturated rings. The first-order chi connectivity index (χ1) is 9.50. The molecule has 1 aromatic rings. The van der Waals surface area contributed by atoms with Crippen LogP contribution in [-0.2, 0) is 23.1 Å². The largest absolute Gasteiger partial charge is 0.381 e. The Morgan fingerprint density at radius 2 is 2.20 bits per heavy atom. The lowest BCUT2D eigenvalue weighted by Crippen LogP contribution is -2.19. The molecule has 0 amide bonds. The summed E-state index contributed by atoms with van der Waals surface area (Å²) in [5.41, 5.74) is 1.41. The van der Waals surface area contributed by atoms with Crippen molar-refractivity contribution in [1.29, 1.82) is 0 Å². The Bertz CT molecular complexity index is 417. The lowest BCUT2D eigenvalue weighted by atomic mass is 9.91. The summed E-state index contributed by atoms with van der Waals surface area (Å²) in [4.78, 5) is 6.36. The predicted octanol–water partition coefficient (Wildman–Crippen LogP) is 3.52. The lowest BCUT2D eigenvalue weighted by molar-refractivity contribution is 0.186. The number of hydrogen-bond acceptors (Lipinski definition) is 4. The van der Waals surface area contributed by atoms with Crippen LogP contribution in [0, 0.1) is 5.92 Å². The molecule has 1 saturated heterocycles. The van der Waals surface area contributed by atoms with Crippen LogP contribution in [0.2, 0.25) is 0 Å². The molecule has 0 aromatic carbocycles. The van der Waals surface area contributed by atoms with Crippen LogP contribution >= 0.6 is 11.3 Å². The first kappa shape index (κ1) is 15.9. The SMILES string of the molecule is CCCNCc1sc(CC2CCOC2)nc1C(C)(C)C. The minimum Gasteiger partial charge on any atom is -0.381 e. The summed E-state index contributed by atoms with van der Waals surface area (Å²) in [5, 5.41) is 4.81. The lowest BCUT2D eigenvalue weighted by Gasteiger charge is -2.17. The molecule has 0 saturated carbocycles. The number of nitrogens with zero attached hydrogens (tertiary/aromatic N) is 1. The zero-order valence-corrected chi connectivity index (χ0v) is 14.1. The quantitative estimate of drug-likeness (QED) is 0.816. The number of ether oxygens (including phenoxy) is 1. The second-order valence-corrected chi connectivity index (χ2v) is 7.91. The van der Waals surface area contributed by atoms with E-state index in [1.807, 2.05) is 11.3 Å². The van der Waals surface area contributed by atoms with Gasteiger partial charge >= 0.3 is 0 Å². The average molecular weight is 296 g/mol. The maximum Gasteiger partial charge on any atom is 0.0935 e. The third-order valence-corrected chi connectivity index (χ3v) is 4.73. The van der Waals surface area contributed by atoms with Crippen molar-refractivity contribution in [2.45, 2.75) is 58.9 Å². The Morgan fingerprint density at radius 1 is 1.40 bits per heavy atom. The van der Waals surface area contributed by atoms with Gasteiger partial charge in [-0.15, -0.1) is 11.3 Å². The summed E-state index contributed by atoms with van der Waals surface area (Å²) < 4.78 is 5.48. The maximum atomic E-state index is 5.48. The summed E-state index contributed by atoms with van der Waals surface area (Å²) >= 11 is 1.89. The fraction of sp³-hybridized carbons (Fsp3) is 0.812. The molecular formula is C16H28N2OS. The van der Waals surface area contributed by atoms with Crippen molar-refractivity contribution in [2.75, 3.05) is 19.8 Å². The van der Waals surface area contributed by atoms with Crippen molar-refractivity contribution >= 4 is 11.3 Å². The fourth-order valence-corrected chi connectivity index (χ4v) is 3.93. The van der Waals surface area contributed by atoms with E-state index in [1.165, 1.54) is 28.4 Å². The fourth-order valence-electron chi connectivity index (χ4n) is 2.56. The Kier molecular flexibility index (Phi) is 5.58. The molecule has 2 heterocycles. The number of thiazole rings is 1. The van der Waals surface area contributed by atoms with Crippen molar-refractivity contribution in [2.24, 2.45) is 5.92 Å². The van der Waals surface area contributed by atoms with Crippen molar-refractivity contribution in [1.82, 2.24) is 10.3 Å². The monoisotopic (exact) mass is 296 g/mol. The molecule has 1 N–H and O–H groups in total. The molecule has 1 atom stereocenters. The highest BCUT2D eigenvalue weighted by molar-refractivity contribution is 7.11. The van der Waals surface area contributed by atoms with Crippen LogP contribution in [0.5, 0.6) is 0 Å². The van der Waals surface area contributed by atoms with Gasteiger partial charge in [0.05, 0.1) is 10.7 Å². The Hall–Kier alpha value is -0.450. The van der Waals surface area contributed by atoms with Crippen LogP contribution in [0.3, 0.4) is 0 Å². The maximum absolute atomic E-state index is 5.48. The zero-order valence-electron chi connectivity index (χ0n) is 13.3. The third-order valence-electron chi connectivity index (χ3n) is 3.65. The van der Waals surface area contributed by atoms with Gasteiger partial charge in [-0.1, -0.05) is 27.7 Å². The molecule has 1 aromatic heterocycles. The van der Waals surface area contributed by atoms with Crippen LogP contribution in [-0.4, -0.2) is 24.7 Å². The molecule has 0 spiro atoms. The summed E-state index contributed by atoms with van der Waals surface area (Å²) in [6.45, 7) is 12.8. The van der Waals surface area contributed by atoms with Crippen molar-refractivity contribution in [3.63, 3.8) is 0 Å². The van der Waals surface area contributed by atoms with E-state index in [4.69, 9.17) is 9.72 Å². The van der Waals surface area contributed by atoms with Crippen molar-refractivity contribution < 1.29 is 4.74 Å². The molecule has 20 heavy (non-hydrogen) atoms. The second-order valence-electron chi connectivity index (χ2n) is 6.74. The van der Waals surface area contributed by atoms with Crippen LogP contribution in [0.1, 0.15) is 56.1 Å². The molecule has 114 valence electrons. The smallest absolute Gasteiger partial charge is 0.0935 e. The molecule has 0 aliphatic carbocycles. The van der Waals surface area contributed by atoms with Gasteiger partial charge in [0.1, 0.15) is 0 Å². The highest BCUT2D eigenvalue weighted by Gasteiger charge is 2.25. The van der Waals surface area contributed by atoms with Gasteiger partial charge in [0.2, 0.25) is 0 Å². The van der Waals surface area contributed by atoms with E-state index in [1.54, 1.807) is 0 Å². The van der Waals surface area contributed by atoms with E-state index in [-0.39, 0.29) is 5.41 Å². The van der Waals surface area contributed by atoms with Gasteiger partial charge < -0.3 is 10.1 Å². The normalized spacial score (nSPS) is 19.7. The molecule has 3 nitrogen and oxygen atoms in total. The molecule has 1 aliphatic rings. The molecule has 0 bridgehead atoms. The van der Waals surface area contributed by atoms with E-state index in [0.717, 1.165) is 32.7 Å². The molecule has 2 rings (SSSR count). The molecule has 4 heteroatoms. The first-order valence-electron chi connectivity index (χ1n) is 7.78. The Balaban J connectivity index is 2.08. The average Bonchev–Trinajstić information content (AvgIpc) is 2.99. The first-order valence-corrected chi connectivity index (χ1v) is 8.60. The van der Waals surface area contributed by atoms with E-state index in [2.05, 4.69) is 33.0 Å². The molecule has 1 unspecified atom stereocenters. The molecule has 1 aliphatic heterocycles. The summed E-state index contributed by atoms with van der Waals surface area (Å²) in [6.07, 6.45) is 3.45. The van der Waals surface area contributed by atoms with E-state index in [0.29, 0.717) is 5.92 Å². The number of hydrogen-bond donors (Lipinski definition) is 1. The van der Waals surface area contributed by atoms with Crippen molar-refractivity contribution in [3.8, 4) is 0 Å². The summed E-state index contributed by atoms with van der Waals surface area (Å²) in [5.74, 6) is 0.672.